The Bertz CT molecular complexity index is 1610. The second-order valence-corrected chi connectivity index (χ2v) is 12.5. The number of likely N-dealkylation sites (tertiary alicyclic amines) is 1. The van der Waals surface area contributed by atoms with Gasteiger partial charge in [-0.3, -0.25) is 9.59 Å². The highest BCUT2D eigenvalue weighted by molar-refractivity contribution is 5.88. The maximum Gasteiger partial charge on any atom is 0.264 e. The van der Waals surface area contributed by atoms with Crippen LogP contribution in [0.25, 0.3) is 5.52 Å². The molecule has 1 saturated heterocycles. The molecule has 0 unspecified atom stereocenters. The maximum atomic E-state index is 14.5. The van der Waals surface area contributed by atoms with Crippen molar-refractivity contribution in [1.29, 1.82) is 0 Å². The summed E-state index contributed by atoms with van der Waals surface area (Å²) in [5.74, 6) is 0.956. The van der Waals surface area contributed by atoms with Crippen LogP contribution in [0.4, 0.5) is 5.69 Å². The molecule has 4 aromatic rings. The Morgan fingerprint density at radius 3 is 2.66 bits per heavy atom. The molecule has 2 amide bonds. The minimum Gasteiger partial charge on any atom is -0.478 e. The molecule has 228 valence electrons. The Kier molecular flexibility index (Phi) is 8.22. The number of imidazole rings is 1. The third-order valence-corrected chi connectivity index (χ3v) is 9.67. The fourth-order valence-electron chi connectivity index (χ4n) is 7.32. The van der Waals surface area contributed by atoms with Gasteiger partial charge in [-0.2, -0.15) is 0 Å². The summed E-state index contributed by atoms with van der Waals surface area (Å²) >= 11 is 0. The fourth-order valence-corrected chi connectivity index (χ4v) is 7.32. The summed E-state index contributed by atoms with van der Waals surface area (Å²) in [5, 5.41) is 3.56. The molecule has 3 atom stereocenters. The molecule has 2 fully saturated rings. The van der Waals surface area contributed by atoms with Crippen molar-refractivity contribution >= 4 is 23.0 Å². The number of nitrogens with one attached hydrogen (secondary N) is 1. The van der Waals surface area contributed by atoms with Gasteiger partial charge in [0.25, 0.3) is 5.91 Å². The van der Waals surface area contributed by atoms with Crippen LogP contribution in [0.1, 0.15) is 67.6 Å². The van der Waals surface area contributed by atoms with E-state index in [1.807, 2.05) is 44.8 Å². The summed E-state index contributed by atoms with van der Waals surface area (Å²) in [4.78, 5) is 36.1. The van der Waals surface area contributed by atoms with Gasteiger partial charge in [0, 0.05) is 37.8 Å². The van der Waals surface area contributed by atoms with Crippen molar-refractivity contribution in [2.75, 3.05) is 25.0 Å². The van der Waals surface area contributed by atoms with Crippen molar-refractivity contribution in [1.82, 2.24) is 19.2 Å². The van der Waals surface area contributed by atoms with Crippen LogP contribution >= 0.6 is 0 Å². The van der Waals surface area contributed by atoms with Gasteiger partial charge < -0.3 is 24.3 Å². The summed E-state index contributed by atoms with van der Waals surface area (Å²) < 4.78 is 8.59. The van der Waals surface area contributed by atoms with Gasteiger partial charge in [-0.05, 0) is 73.4 Å². The first kappa shape index (κ1) is 28.4. The molecule has 1 N–H and O–H groups in total. The molecule has 2 aromatic carbocycles. The lowest BCUT2D eigenvalue weighted by Crippen LogP contribution is -2.54. The number of rotatable bonds is 8. The number of nitrogens with zero attached hydrogens (tertiary/aromatic N) is 4. The number of fused-ring (bicyclic) bond motifs is 2. The predicted octanol–water partition coefficient (Wildman–Crippen LogP) is 5.82. The van der Waals surface area contributed by atoms with Crippen molar-refractivity contribution in [3.8, 4) is 5.75 Å². The van der Waals surface area contributed by atoms with Crippen molar-refractivity contribution < 1.29 is 14.3 Å². The topological polar surface area (TPSA) is 79.2 Å². The highest BCUT2D eigenvalue weighted by Gasteiger charge is 2.40. The highest BCUT2D eigenvalue weighted by atomic mass is 16.5. The number of pyridine rings is 1. The first-order valence-corrected chi connectivity index (χ1v) is 16.2. The zero-order valence-corrected chi connectivity index (χ0v) is 25.2. The van der Waals surface area contributed by atoms with Gasteiger partial charge >= 0.3 is 0 Å². The number of ether oxygens (including phenoxy) is 1. The number of carbonyl (C=O) groups excluding carboxylic acids is 2. The minimum absolute atomic E-state index is 0.0259. The van der Waals surface area contributed by atoms with E-state index >= 15 is 0 Å². The summed E-state index contributed by atoms with van der Waals surface area (Å²) in [6.07, 6.45) is 12.6. The first-order valence-electron chi connectivity index (χ1n) is 16.2. The zero-order valence-electron chi connectivity index (χ0n) is 25.2. The van der Waals surface area contributed by atoms with Crippen LogP contribution in [0.2, 0.25) is 0 Å². The standard InChI is InChI=1S/C36H41N5O3/c42-34(39-18-6-7-19-39)24-41(32-14-5-4-12-30(32)27-9-2-1-3-10-27)36(43)33-16-15-28-11-8-13-31(35(28)44-33)38-22-26-17-20-40-25-37-23-29(40)21-26/h1-3,8-11,13,17,20-21,23,25,30,32-33,38H,4-7,12,14-16,18-19,22,24H2/t30-,32+,33+/m1/s1. The average Bonchev–Trinajstić information content (AvgIpc) is 3.79. The molecule has 44 heavy (non-hydrogen) atoms. The number of aromatic nitrogens is 2. The number of aryl methyl sites for hydroxylation is 1. The van der Waals surface area contributed by atoms with Crippen LogP contribution in [0.3, 0.4) is 0 Å². The SMILES string of the molecule is O=C(CN(C(=O)[C@@H]1CCc2cccc(NCc3ccn4cncc4c3)c2O1)[C@H]1CCCC[C@@H]1c1ccccc1)N1CCCC1. The fraction of sp³-hybridized carbons (Fsp3) is 0.417. The van der Waals surface area contributed by atoms with E-state index in [9.17, 15) is 9.59 Å². The van der Waals surface area contributed by atoms with E-state index in [2.05, 4.69) is 52.8 Å². The molecule has 0 bridgehead atoms. The molecule has 4 heterocycles. The predicted molar refractivity (Wildman–Crippen MR) is 171 cm³/mol. The van der Waals surface area contributed by atoms with E-state index in [4.69, 9.17) is 4.74 Å². The molecule has 0 spiro atoms. The van der Waals surface area contributed by atoms with Crippen molar-refractivity contribution in [2.24, 2.45) is 0 Å². The Hall–Kier alpha value is -4.33. The van der Waals surface area contributed by atoms with Crippen LogP contribution in [0, 0.1) is 0 Å². The van der Waals surface area contributed by atoms with E-state index in [1.165, 1.54) is 5.56 Å². The minimum atomic E-state index is -0.627. The molecular weight excluding hydrogens is 550 g/mol. The third-order valence-electron chi connectivity index (χ3n) is 9.67. The molecule has 8 heteroatoms. The second kappa shape index (κ2) is 12.7. The number of hydrogen-bond donors (Lipinski definition) is 1. The lowest BCUT2D eigenvalue weighted by atomic mass is 9.79. The Morgan fingerprint density at radius 1 is 0.955 bits per heavy atom. The van der Waals surface area contributed by atoms with Crippen LogP contribution < -0.4 is 10.1 Å². The largest absolute Gasteiger partial charge is 0.478 e. The van der Waals surface area contributed by atoms with Crippen LogP contribution in [-0.4, -0.2) is 62.8 Å². The van der Waals surface area contributed by atoms with Gasteiger partial charge in [0.2, 0.25) is 5.91 Å². The monoisotopic (exact) mass is 591 g/mol. The lowest BCUT2D eigenvalue weighted by Gasteiger charge is -2.42. The van der Waals surface area contributed by atoms with Gasteiger partial charge in [0.05, 0.1) is 23.7 Å². The van der Waals surface area contributed by atoms with Crippen LogP contribution in [0.5, 0.6) is 5.75 Å². The Labute approximate surface area is 259 Å². The van der Waals surface area contributed by atoms with Gasteiger partial charge in [0.15, 0.2) is 6.10 Å². The van der Waals surface area contributed by atoms with E-state index < -0.39 is 6.10 Å². The maximum absolute atomic E-state index is 14.5. The lowest BCUT2D eigenvalue weighted by molar-refractivity contribution is -0.148. The molecule has 0 radical (unpaired) electrons. The molecular formula is C36H41N5O3. The number of hydrogen-bond acceptors (Lipinski definition) is 5. The summed E-state index contributed by atoms with van der Waals surface area (Å²) in [6, 6.07) is 20.8. The van der Waals surface area contributed by atoms with Crippen molar-refractivity contribution in [3.05, 3.63) is 96.1 Å². The average molecular weight is 592 g/mol. The second-order valence-electron chi connectivity index (χ2n) is 12.5. The van der Waals surface area contributed by atoms with Gasteiger partial charge in [-0.1, -0.05) is 55.3 Å². The molecule has 2 aliphatic heterocycles. The molecule has 1 saturated carbocycles. The van der Waals surface area contributed by atoms with Crippen LogP contribution in [-0.2, 0) is 22.6 Å². The van der Waals surface area contributed by atoms with Crippen LogP contribution in [0.15, 0.2) is 79.4 Å². The van der Waals surface area contributed by atoms with E-state index in [1.54, 1.807) is 6.33 Å². The van der Waals surface area contributed by atoms with Crippen molar-refractivity contribution in [3.63, 3.8) is 0 Å². The molecule has 1 aliphatic carbocycles. The van der Waals surface area contributed by atoms with Gasteiger partial charge in [-0.15, -0.1) is 0 Å². The normalized spacial score (nSPS) is 21.5. The third kappa shape index (κ3) is 5.90. The number of benzene rings is 2. The number of anilines is 1. The molecule has 8 nitrogen and oxygen atoms in total. The molecule has 7 rings (SSSR count). The quantitative estimate of drug-likeness (QED) is 0.280. The summed E-state index contributed by atoms with van der Waals surface area (Å²) in [5.41, 5.74) is 5.41. The summed E-state index contributed by atoms with van der Waals surface area (Å²) in [6.45, 7) is 2.31. The first-order chi connectivity index (χ1) is 21.6. The molecule has 2 aromatic heterocycles. The Morgan fingerprint density at radius 2 is 1.80 bits per heavy atom. The number of para-hydroxylation sites is 1. The Balaban J connectivity index is 1.13. The smallest absolute Gasteiger partial charge is 0.264 e. The number of amides is 2. The van der Waals surface area contributed by atoms with Gasteiger partial charge in [-0.25, -0.2) is 4.98 Å². The van der Waals surface area contributed by atoms with Gasteiger partial charge in [0.1, 0.15) is 12.3 Å². The van der Waals surface area contributed by atoms with E-state index in [0.29, 0.717) is 13.0 Å². The molecule has 3 aliphatic rings. The van der Waals surface area contributed by atoms with Crippen molar-refractivity contribution in [2.45, 2.75) is 76.0 Å². The summed E-state index contributed by atoms with van der Waals surface area (Å²) in [7, 11) is 0. The van der Waals surface area contributed by atoms with E-state index in [-0.39, 0.29) is 30.3 Å². The number of carbonyl (C=O) groups is 2. The highest BCUT2D eigenvalue weighted by Crippen LogP contribution is 2.39. The van der Waals surface area contributed by atoms with E-state index in [0.717, 1.165) is 86.1 Å². The zero-order chi connectivity index (χ0) is 29.9.